The van der Waals surface area contributed by atoms with Crippen LogP contribution in [0.15, 0.2) is 24.3 Å². The van der Waals surface area contributed by atoms with E-state index in [2.05, 4.69) is 4.74 Å². The van der Waals surface area contributed by atoms with Gasteiger partial charge in [0.05, 0.1) is 12.0 Å². The van der Waals surface area contributed by atoms with Crippen LogP contribution in [0.25, 0.3) is 6.08 Å². The van der Waals surface area contributed by atoms with Crippen LogP contribution in [-0.4, -0.2) is 18.0 Å². The van der Waals surface area contributed by atoms with E-state index < -0.39 is 10.9 Å². The summed E-state index contributed by atoms with van der Waals surface area (Å²) in [6.07, 6.45) is 2.63. The van der Waals surface area contributed by atoms with Crippen molar-refractivity contribution in [3.8, 4) is 0 Å². The molecule has 0 aliphatic rings. The van der Waals surface area contributed by atoms with E-state index in [-0.39, 0.29) is 11.4 Å². The number of anilines is 1. The molecular formula is C10H10N2O4. The van der Waals surface area contributed by atoms with E-state index in [1.807, 2.05) is 0 Å². The zero-order valence-corrected chi connectivity index (χ0v) is 8.54. The number of rotatable bonds is 3. The lowest BCUT2D eigenvalue weighted by atomic mass is 10.1. The number of carbonyl (C=O) groups excluding carboxylic acids is 1. The third-order valence-electron chi connectivity index (χ3n) is 1.88. The number of nitrogens with zero attached hydrogens (tertiary/aromatic N) is 1. The number of methoxy groups -OCH3 is 1. The smallest absolute Gasteiger partial charge is 0.330 e. The molecule has 0 amide bonds. The molecule has 1 aromatic rings. The van der Waals surface area contributed by atoms with Crippen molar-refractivity contribution in [2.24, 2.45) is 0 Å². The standard InChI is InChI=1S/C10H10N2O4/c1-16-10(13)5-3-7-2-4-8(12(14)15)6-9(7)11/h2-6H,11H2,1H3/b5-3+. The van der Waals surface area contributed by atoms with Gasteiger partial charge in [-0.15, -0.1) is 0 Å². The number of ether oxygens (including phenoxy) is 1. The maximum absolute atomic E-state index is 10.8. The molecule has 0 heterocycles. The van der Waals surface area contributed by atoms with Gasteiger partial charge in [-0.2, -0.15) is 0 Å². The Morgan fingerprint density at radius 1 is 1.56 bits per heavy atom. The summed E-state index contributed by atoms with van der Waals surface area (Å²) in [5.74, 6) is -0.516. The van der Waals surface area contributed by atoms with Crippen LogP contribution in [0, 0.1) is 10.1 Å². The second-order valence-electron chi connectivity index (χ2n) is 2.93. The third kappa shape index (κ3) is 2.81. The lowest BCUT2D eigenvalue weighted by molar-refractivity contribution is -0.384. The summed E-state index contributed by atoms with van der Waals surface area (Å²) in [4.78, 5) is 20.7. The van der Waals surface area contributed by atoms with Crippen molar-refractivity contribution in [1.82, 2.24) is 0 Å². The van der Waals surface area contributed by atoms with Crippen molar-refractivity contribution in [2.45, 2.75) is 0 Å². The van der Waals surface area contributed by atoms with E-state index in [0.717, 1.165) is 0 Å². The highest BCUT2D eigenvalue weighted by atomic mass is 16.6. The summed E-state index contributed by atoms with van der Waals surface area (Å²) in [5, 5.41) is 10.4. The number of esters is 1. The summed E-state index contributed by atoms with van der Waals surface area (Å²) < 4.78 is 4.40. The van der Waals surface area contributed by atoms with E-state index >= 15 is 0 Å². The minimum Gasteiger partial charge on any atom is -0.466 e. The molecule has 0 saturated heterocycles. The number of hydrogen-bond acceptors (Lipinski definition) is 5. The maximum atomic E-state index is 10.8. The number of nitro groups is 1. The van der Waals surface area contributed by atoms with Crippen LogP contribution in [-0.2, 0) is 9.53 Å². The molecule has 0 aliphatic carbocycles. The van der Waals surface area contributed by atoms with Crippen LogP contribution in [0.3, 0.4) is 0 Å². The topological polar surface area (TPSA) is 95.5 Å². The average molecular weight is 222 g/mol. The third-order valence-corrected chi connectivity index (χ3v) is 1.88. The first-order valence-corrected chi connectivity index (χ1v) is 4.34. The van der Waals surface area contributed by atoms with Gasteiger partial charge in [-0.25, -0.2) is 4.79 Å². The first-order valence-electron chi connectivity index (χ1n) is 4.34. The van der Waals surface area contributed by atoms with Crippen molar-refractivity contribution in [3.63, 3.8) is 0 Å². The van der Waals surface area contributed by atoms with Gasteiger partial charge in [-0.3, -0.25) is 10.1 Å². The first kappa shape index (κ1) is 11.7. The Kier molecular flexibility index (Phi) is 3.60. The predicted octanol–water partition coefficient (Wildman–Crippen LogP) is 1.36. The number of benzene rings is 1. The van der Waals surface area contributed by atoms with Gasteiger partial charge in [0.2, 0.25) is 0 Å². The molecule has 1 rings (SSSR count). The Morgan fingerprint density at radius 2 is 2.25 bits per heavy atom. The minimum atomic E-state index is -0.538. The lowest BCUT2D eigenvalue weighted by Gasteiger charge is -1.99. The van der Waals surface area contributed by atoms with E-state index in [1.165, 1.54) is 37.5 Å². The monoisotopic (exact) mass is 222 g/mol. The SMILES string of the molecule is COC(=O)/C=C/c1ccc([N+](=O)[O-])cc1N. The summed E-state index contributed by atoms with van der Waals surface area (Å²) in [6, 6.07) is 4.01. The second kappa shape index (κ2) is 4.92. The van der Waals surface area contributed by atoms with Crippen molar-refractivity contribution >= 4 is 23.4 Å². The molecular weight excluding hydrogens is 212 g/mol. The molecule has 0 aliphatic heterocycles. The largest absolute Gasteiger partial charge is 0.466 e. The van der Waals surface area contributed by atoms with Gasteiger partial charge in [-0.05, 0) is 17.7 Å². The van der Waals surface area contributed by atoms with Crippen LogP contribution in [0.4, 0.5) is 11.4 Å². The minimum absolute atomic E-state index is 0.0901. The molecule has 0 bridgehead atoms. The Morgan fingerprint density at radius 3 is 2.75 bits per heavy atom. The van der Waals surface area contributed by atoms with Crippen molar-refractivity contribution in [1.29, 1.82) is 0 Å². The second-order valence-corrected chi connectivity index (χ2v) is 2.93. The average Bonchev–Trinajstić information content (AvgIpc) is 2.26. The molecule has 0 fully saturated rings. The molecule has 16 heavy (non-hydrogen) atoms. The molecule has 0 saturated carbocycles. The zero-order chi connectivity index (χ0) is 12.1. The Hall–Kier alpha value is -2.37. The molecule has 84 valence electrons. The lowest BCUT2D eigenvalue weighted by Crippen LogP contribution is -1.96. The number of hydrogen-bond donors (Lipinski definition) is 1. The molecule has 0 atom stereocenters. The van der Waals surface area contributed by atoms with Crippen LogP contribution >= 0.6 is 0 Å². The van der Waals surface area contributed by atoms with Crippen LogP contribution in [0.5, 0.6) is 0 Å². The van der Waals surface area contributed by atoms with Crippen LogP contribution in [0.2, 0.25) is 0 Å². The molecule has 0 radical (unpaired) electrons. The molecule has 0 spiro atoms. The van der Waals surface area contributed by atoms with Gasteiger partial charge in [0.1, 0.15) is 0 Å². The van der Waals surface area contributed by atoms with E-state index in [4.69, 9.17) is 5.73 Å². The van der Waals surface area contributed by atoms with Gasteiger partial charge >= 0.3 is 5.97 Å². The van der Waals surface area contributed by atoms with E-state index in [9.17, 15) is 14.9 Å². The highest BCUT2D eigenvalue weighted by Gasteiger charge is 2.07. The zero-order valence-electron chi connectivity index (χ0n) is 8.54. The van der Waals surface area contributed by atoms with Crippen molar-refractivity contribution < 1.29 is 14.5 Å². The fourth-order valence-electron chi connectivity index (χ4n) is 1.05. The fraction of sp³-hybridized carbons (Fsp3) is 0.100. The summed E-state index contributed by atoms with van der Waals surface area (Å²) in [5.41, 5.74) is 6.24. The van der Waals surface area contributed by atoms with Crippen molar-refractivity contribution in [3.05, 3.63) is 40.0 Å². The molecule has 6 heteroatoms. The van der Waals surface area contributed by atoms with E-state index in [1.54, 1.807) is 0 Å². The Labute approximate surface area is 91.5 Å². The first-order chi connectivity index (χ1) is 7.54. The maximum Gasteiger partial charge on any atom is 0.330 e. The van der Waals surface area contributed by atoms with Crippen LogP contribution in [0.1, 0.15) is 5.56 Å². The Bertz CT molecular complexity index is 454. The van der Waals surface area contributed by atoms with Crippen LogP contribution < -0.4 is 5.73 Å². The van der Waals surface area contributed by atoms with Gasteiger partial charge in [0.25, 0.3) is 5.69 Å². The summed E-state index contributed by atoms with van der Waals surface area (Å²) in [7, 11) is 1.26. The number of nitrogens with two attached hydrogens (primary N) is 1. The number of nitrogen functional groups attached to an aromatic ring is 1. The molecule has 6 nitrogen and oxygen atoms in total. The highest BCUT2D eigenvalue weighted by molar-refractivity contribution is 5.88. The molecule has 2 N–H and O–H groups in total. The van der Waals surface area contributed by atoms with Gasteiger partial charge in [0, 0.05) is 23.9 Å². The quantitative estimate of drug-likeness (QED) is 0.274. The van der Waals surface area contributed by atoms with Crippen molar-refractivity contribution in [2.75, 3.05) is 12.8 Å². The molecule has 0 unspecified atom stereocenters. The summed E-state index contributed by atoms with van der Waals surface area (Å²) in [6.45, 7) is 0. The normalized spacial score (nSPS) is 10.3. The summed E-state index contributed by atoms with van der Waals surface area (Å²) >= 11 is 0. The fourth-order valence-corrected chi connectivity index (χ4v) is 1.05. The highest BCUT2D eigenvalue weighted by Crippen LogP contribution is 2.20. The number of carbonyl (C=O) groups is 1. The molecule has 0 aromatic heterocycles. The molecule has 1 aromatic carbocycles. The van der Waals surface area contributed by atoms with E-state index in [0.29, 0.717) is 5.56 Å². The predicted molar refractivity (Wildman–Crippen MR) is 58.6 cm³/mol. The van der Waals surface area contributed by atoms with Gasteiger partial charge < -0.3 is 10.5 Å². The number of non-ortho nitro benzene ring substituents is 1. The Balaban J connectivity index is 2.95. The van der Waals surface area contributed by atoms with Gasteiger partial charge in [0.15, 0.2) is 0 Å². The number of nitro benzene ring substituents is 1. The van der Waals surface area contributed by atoms with Gasteiger partial charge in [-0.1, -0.05) is 0 Å².